The number of aromatic nitrogens is 3. The molecule has 0 saturated heterocycles. The van der Waals surface area contributed by atoms with Crippen LogP contribution in [-0.2, 0) is 4.79 Å². The predicted molar refractivity (Wildman–Crippen MR) is 106 cm³/mol. The number of nitrogens with zero attached hydrogens (tertiary/aromatic N) is 3. The minimum atomic E-state index is -0.802. The van der Waals surface area contributed by atoms with Gasteiger partial charge in [-0.2, -0.15) is 10.1 Å². The van der Waals surface area contributed by atoms with Gasteiger partial charge < -0.3 is 5.32 Å². The van der Waals surface area contributed by atoms with Gasteiger partial charge in [0.2, 0.25) is 5.91 Å². The van der Waals surface area contributed by atoms with Crippen molar-refractivity contribution in [3.05, 3.63) is 75.3 Å². The first kappa shape index (κ1) is 18.8. The Hall–Kier alpha value is -2.99. The molecule has 6 nitrogen and oxygen atoms in total. The van der Waals surface area contributed by atoms with Crippen LogP contribution in [0.3, 0.4) is 0 Å². The number of hydrogen-bond donors (Lipinski definition) is 1. The van der Waals surface area contributed by atoms with Crippen molar-refractivity contribution in [2.45, 2.75) is 26.8 Å². The Morgan fingerprint density at radius 2 is 1.85 bits per heavy atom. The first-order valence-corrected chi connectivity index (χ1v) is 8.83. The molecule has 0 spiro atoms. The lowest BCUT2D eigenvalue weighted by Crippen LogP contribution is -2.35. The zero-order valence-corrected chi connectivity index (χ0v) is 16.0. The summed E-state index contributed by atoms with van der Waals surface area (Å²) in [5.74, 6) is -0.334. The molecule has 27 heavy (non-hydrogen) atoms. The highest BCUT2D eigenvalue weighted by atomic mass is 35.5. The summed E-state index contributed by atoms with van der Waals surface area (Å²) in [5.41, 5.74) is 3.25. The Morgan fingerprint density at radius 1 is 1.15 bits per heavy atom. The third-order valence-electron chi connectivity index (χ3n) is 4.25. The molecule has 1 heterocycles. The van der Waals surface area contributed by atoms with Gasteiger partial charge in [-0.3, -0.25) is 4.79 Å². The van der Waals surface area contributed by atoms with Gasteiger partial charge in [0.05, 0.1) is 11.9 Å². The Balaban J connectivity index is 1.83. The van der Waals surface area contributed by atoms with Gasteiger partial charge in [0, 0.05) is 16.3 Å². The number of nitrogens with one attached hydrogen (secondary N) is 1. The number of benzene rings is 2. The molecule has 1 N–H and O–H groups in total. The number of halogens is 1. The second-order valence-electron chi connectivity index (χ2n) is 6.36. The first-order valence-electron chi connectivity index (χ1n) is 8.45. The standard InChI is InChI=1S/C20H19ClN4O2/c1-12-4-5-13(2)17(10-12)23-19(26)14(3)25-20(27)24-18(11-22-25)15-6-8-16(21)9-7-15/h4-11,14H,1-3H3,(H,23,26)/t14-/m0/s1. The topological polar surface area (TPSA) is 76.9 Å². The van der Waals surface area contributed by atoms with E-state index >= 15 is 0 Å². The molecule has 7 heteroatoms. The van der Waals surface area contributed by atoms with Crippen LogP contribution < -0.4 is 11.0 Å². The number of rotatable bonds is 4. The monoisotopic (exact) mass is 382 g/mol. The summed E-state index contributed by atoms with van der Waals surface area (Å²) in [7, 11) is 0. The molecule has 0 saturated carbocycles. The highest BCUT2D eigenvalue weighted by Crippen LogP contribution is 2.19. The van der Waals surface area contributed by atoms with Crippen molar-refractivity contribution in [3.63, 3.8) is 0 Å². The maximum Gasteiger partial charge on any atom is 0.365 e. The number of carbonyl (C=O) groups is 1. The number of aryl methyl sites for hydroxylation is 2. The van der Waals surface area contributed by atoms with E-state index < -0.39 is 11.7 Å². The Morgan fingerprint density at radius 3 is 2.52 bits per heavy atom. The second kappa shape index (κ2) is 7.72. The van der Waals surface area contributed by atoms with Gasteiger partial charge in [-0.25, -0.2) is 9.48 Å². The quantitative estimate of drug-likeness (QED) is 0.745. The van der Waals surface area contributed by atoms with E-state index in [9.17, 15) is 9.59 Å². The summed E-state index contributed by atoms with van der Waals surface area (Å²) in [6, 6.07) is 11.9. The van der Waals surface area contributed by atoms with Crippen molar-refractivity contribution >= 4 is 23.2 Å². The molecule has 1 amide bonds. The van der Waals surface area contributed by atoms with E-state index in [4.69, 9.17) is 11.6 Å². The minimum absolute atomic E-state index is 0.334. The van der Waals surface area contributed by atoms with E-state index in [1.807, 2.05) is 32.0 Å². The second-order valence-corrected chi connectivity index (χ2v) is 6.80. The molecule has 3 aromatic rings. The van der Waals surface area contributed by atoms with Crippen molar-refractivity contribution in [3.8, 4) is 11.3 Å². The highest BCUT2D eigenvalue weighted by molar-refractivity contribution is 6.30. The maximum absolute atomic E-state index is 12.6. The van der Waals surface area contributed by atoms with Crippen molar-refractivity contribution in [2.75, 3.05) is 5.32 Å². The highest BCUT2D eigenvalue weighted by Gasteiger charge is 2.19. The van der Waals surface area contributed by atoms with Crippen LogP contribution in [0.1, 0.15) is 24.1 Å². The van der Waals surface area contributed by atoms with E-state index in [1.54, 1.807) is 31.2 Å². The molecule has 1 atom stereocenters. The fourth-order valence-electron chi connectivity index (χ4n) is 2.59. The van der Waals surface area contributed by atoms with Crippen LogP contribution in [0.5, 0.6) is 0 Å². The van der Waals surface area contributed by atoms with Crippen LogP contribution in [-0.4, -0.2) is 20.7 Å². The Bertz CT molecular complexity index is 1040. The largest absolute Gasteiger partial charge is 0.365 e. The summed E-state index contributed by atoms with van der Waals surface area (Å²) >= 11 is 5.87. The summed E-state index contributed by atoms with van der Waals surface area (Å²) in [4.78, 5) is 29.0. The van der Waals surface area contributed by atoms with Gasteiger partial charge >= 0.3 is 5.69 Å². The van der Waals surface area contributed by atoms with E-state index in [-0.39, 0.29) is 5.91 Å². The molecule has 138 valence electrons. The van der Waals surface area contributed by atoms with Gasteiger partial charge in [-0.1, -0.05) is 35.9 Å². The molecule has 0 unspecified atom stereocenters. The van der Waals surface area contributed by atoms with Gasteiger partial charge in [0.25, 0.3) is 0 Å². The van der Waals surface area contributed by atoms with Crippen LogP contribution in [0.4, 0.5) is 5.69 Å². The number of carbonyl (C=O) groups excluding carboxylic acids is 1. The number of hydrogen-bond acceptors (Lipinski definition) is 4. The summed E-state index contributed by atoms with van der Waals surface area (Å²) in [6.45, 7) is 5.47. The van der Waals surface area contributed by atoms with Gasteiger partial charge in [0.15, 0.2) is 0 Å². The lowest BCUT2D eigenvalue weighted by atomic mass is 10.1. The van der Waals surface area contributed by atoms with E-state index in [1.165, 1.54) is 6.20 Å². The van der Waals surface area contributed by atoms with Crippen LogP contribution in [0.15, 0.2) is 53.5 Å². The molecule has 0 aliphatic rings. The molecular weight excluding hydrogens is 364 g/mol. The molecule has 0 fully saturated rings. The average molecular weight is 383 g/mol. The Kier molecular flexibility index (Phi) is 5.37. The molecule has 0 radical (unpaired) electrons. The van der Waals surface area contributed by atoms with Gasteiger partial charge in [-0.15, -0.1) is 0 Å². The van der Waals surface area contributed by atoms with Crippen molar-refractivity contribution in [1.29, 1.82) is 0 Å². The molecular formula is C20H19ClN4O2. The molecule has 3 rings (SSSR count). The van der Waals surface area contributed by atoms with E-state index in [0.29, 0.717) is 16.4 Å². The molecule has 1 aromatic heterocycles. The van der Waals surface area contributed by atoms with Crippen LogP contribution in [0.2, 0.25) is 5.02 Å². The first-order chi connectivity index (χ1) is 12.8. The summed E-state index contributed by atoms with van der Waals surface area (Å²) in [6.07, 6.45) is 1.46. The fourth-order valence-corrected chi connectivity index (χ4v) is 2.72. The summed E-state index contributed by atoms with van der Waals surface area (Å²) in [5, 5.41) is 7.57. The normalized spacial score (nSPS) is 11.9. The van der Waals surface area contributed by atoms with E-state index in [2.05, 4.69) is 15.4 Å². The smallest absolute Gasteiger partial charge is 0.324 e. The van der Waals surface area contributed by atoms with E-state index in [0.717, 1.165) is 21.4 Å². The fraction of sp³-hybridized carbons (Fsp3) is 0.200. The zero-order valence-electron chi connectivity index (χ0n) is 15.2. The number of anilines is 1. The molecule has 2 aromatic carbocycles. The third-order valence-corrected chi connectivity index (χ3v) is 4.51. The van der Waals surface area contributed by atoms with Crippen LogP contribution >= 0.6 is 11.6 Å². The van der Waals surface area contributed by atoms with Crippen LogP contribution in [0, 0.1) is 13.8 Å². The van der Waals surface area contributed by atoms with Crippen molar-refractivity contribution in [2.24, 2.45) is 0 Å². The van der Waals surface area contributed by atoms with Gasteiger partial charge in [-0.05, 0) is 50.1 Å². The lowest BCUT2D eigenvalue weighted by Gasteiger charge is -2.15. The lowest BCUT2D eigenvalue weighted by molar-refractivity contribution is -0.119. The average Bonchev–Trinajstić information content (AvgIpc) is 2.64. The number of amides is 1. The van der Waals surface area contributed by atoms with Crippen molar-refractivity contribution in [1.82, 2.24) is 14.8 Å². The van der Waals surface area contributed by atoms with Crippen molar-refractivity contribution < 1.29 is 4.79 Å². The maximum atomic E-state index is 12.6. The Labute approximate surface area is 161 Å². The third kappa shape index (κ3) is 4.23. The van der Waals surface area contributed by atoms with Crippen LogP contribution in [0.25, 0.3) is 11.3 Å². The predicted octanol–water partition coefficient (Wildman–Crippen LogP) is 3.78. The zero-order chi connectivity index (χ0) is 19.6. The molecule has 0 aliphatic carbocycles. The minimum Gasteiger partial charge on any atom is -0.324 e. The molecule has 0 bridgehead atoms. The molecule has 0 aliphatic heterocycles. The SMILES string of the molecule is Cc1ccc(C)c(NC(=O)[C@H](C)n2ncc(-c3ccc(Cl)cc3)nc2=O)c1. The summed E-state index contributed by atoms with van der Waals surface area (Å²) < 4.78 is 1.07. The van der Waals surface area contributed by atoms with Gasteiger partial charge in [0.1, 0.15) is 6.04 Å².